The van der Waals surface area contributed by atoms with E-state index in [1.54, 1.807) is 13.2 Å². The minimum atomic E-state index is 0.324. The molecule has 0 unspecified atom stereocenters. The van der Waals surface area contributed by atoms with Crippen molar-refractivity contribution >= 4 is 22.6 Å². The molecular weight excluding hydrogens is 262 g/mol. The highest BCUT2D eigenvalue weighted by atomic mass is 35.5. The molecule has 0 bridgehead atoms. The highest BCUT2D eigenvalue weighted by molar-refractivity contribution is 6.16. The summed E-state index contributed by atoms with van der Waals surface area (Å²) in [5.41, 5.74) is 2.54. The molecule has 1 aromatic carbocycles. The second kappa shape index (κ2) is 4.84. The first-order valence-corrected chi connectivity index (χ1v) is 6.80. The van der Waals surface area contributed by atoms with Gasteiger partial charge in [-0.2, -0.15) is 5.26 Å². The maximum atomic E-state index is 9.02. The number of rotatable bonds is 3. The Morgan fingerprint density at radius 1 is 1.53 bits per heavy atom. The summed E-state index contributed by atoms with van der Waals surface area (Å²) >= 11 is 5.99. The van der Waals surface area contributed by atoms with Gasteiger partial charge in [-0.3, -0.25) is 0 Å². The van der Waals surface area contributed by atoms with E-state index in [9.17, 15) is 0 Å². The van der Waals surface area contributed by atoms with Gasteiger partial charge >= 0.3 is 0 Å². The Morgan fingerprint density at radius 2 is 2.32 bits per heavy atom. The van der Waals surface area contributed by atoms with E-state index in [1.807, 2.05) is 12.1 Å². The Bertz CT molecular complexity index is 652. The summed E-state index contributed by atoms with van der Waals surface area (Å²) in [5.74, 6) is 1.25. The van der Waals surface area contributed by atoms with E-state index >= 15 is 0 Å². The summed E-state index contributed by atoms with van der Waals surface area (Å²) in [5, 5.41) is 9.02. The number of ether oxygens (including phenoxy) is 1. The molecule has 2 aromatic rings. The average Bonchev–Trinajstić information content (AvgIpc) is 2.75. The Balaban J connectivity index is 2.08. The van der Waals surface area contributed by atoms with Gasteiger partial charge in [-0.1, -0.05) is 0 Å². The van der Waals surface area contributed by atoms with Crippen LogP contribution in [0.4, 0.5) is 0 Å². The topological polar surface area (TPSA) is 50.8 Å². The molecule has 1 aliphatic carbocycles. The average molecular weight is 276 g/mol. The molecule has 1 heterocycles. The lowest BCUT2D eigenvalue weighted by Gasteiger charge is -2.36. The molecule has 19 heavy (non-hydrogen) atoms. The number of alkyl halides is 1. The fourth-order valence-electron chi connectivity index (χ4n) is 2.66. The largest absolute Gasteiger partial charge is 0.381 e. The van der Waals surface area contributed by atoms with Gasteiger partial charge in [0.05, 0.1) is 34.7 Å². The van der Waals surface area contributed by atoms with Crippen LogP contribution >= 0.6 is 11.6 Å². The third kappa shape index (κ3) is 1.99. The van der Waals surface area contributed by atoms with Gasteiger partial charge in [0.2, 0.25) is 0 Å². The number of hydrogen-bond donors (Lipinski definition) is 0. The fourth-order valence-corrected chi connectivity index (χ4v) is 2.84. The molecule has 0 radical (unpaired) electrons. The summed E-state index contributed by atoms with van der Waals surface area (Å²) in [4.78, 5) is 4.54. The van der Waals surface area contributed by atoms with Gasteiger partial charge in [-0.15, -0.1) is 11.6 Å². The lowest BCUT2D eigenvalue weighted by molar-refractivity contribution is 0.00675. The fraction of sp³-hybridized carbons (Fsp3) is 0.429. The van der Waals surface area contributed by atoms with Gasteiger partial charge in [0.15, 0.2) is 0 Å². The van der Waals surface area contributed by atoms with Crippen molar-refractivity contribution in [1.82, 2.24) is 9.55 Å². The number of imidazole rings is 1. The van der Waals surface area contributed by atoms with Crippen LogP contribution in [0.25, 0.3) is 11.0 Å². The second-order valence-electron chi connectivity index (χ2n) is 4.83. The zero-order valence-electron chi connectivity index (χ0n) is 10.6. The van der Waals surface area contributed by atoms with E-state index in [2.05, 4.69) is 15.6 Å². The quantitative estimate of drug-likeness (QED) is 0.809. The predicted molar refractivity (Wildman–Crippen MR) is 73.1 cm³/mol. The van der Waals surface area contributed by atoms with Gasteiger partial charge in [-0.05, 0) is 31.0 Å². The van der Waals surface area contributed by atoms with Crippen molar-refractivity contribution in [2.75, 3.05) is 7.11 Å². The first kappa shape index (κ1) is 12.5. The maximum Gasteiger partial charge on any atom is 0.125 e. The second-order valence-corrected chi connectivity index (χ2v) is 5.10. The van der Waals surface area contributed by atoms with Crippen LogP contribution in [0.1, 0.15) is 30.3 Å². The number of halogens is 1. The van der Waals surface area contributed by atoms with Crippen molar-refractivity contribution in [2.45, 2.75) is 30.9 Å². The van der Waals surface area contributed by atoms with E-state index in [1.165, 1.54) is 0 Å². The number of methoxy groups -OCH3 is 1. The van der Waals surface area contributed by atoms with Crippen LogP contribution in [-0.4, -0.2) is 22.8 Å². The Kier molecular flexibility index (Phi) is 3.17. The molecule has 3 rings (SSSR count). The molecule has 5 heteroatoms. The minimum Gasteiger partial charge on any atom is -0.381 e. The van der Waals surface area contributed by atoms with Gasteiger partial charge in [-0.25, -0.2) is 4.98 Å². The van der Waals surface area contributed by atoms with Crippen molar-refractivity contribution < 1.29 is 4.74 Å². The van der Waals surface area contributed by atoms with Crippen LogP contribution in [0.15, 0.2) is 18.2 Å². The van der Waals surface area contributed by atoms with Crippen molar-refractivity contribution in [3.05, 3.63) is 29.6 Å². The monoisotopic (exact) mass is 275 g/mol. The number of nitriles is 1. The van der Waals surface area contributed by atoms with Crippen molar-refractivity contribution in [2.24, 2.45) is 0 Å². The molecule has 1 aliphatic rings. The van der Waals surface area contributed by atoms with Crippen LogP contribution in [0.2, 0.25) is 0 Å². The summed E-state index contributed by atoms with van der Waals surface area (Å²) < 4.78 is 7.49. The van der Waals surface area contributed by atoms with Crippen molar-refractivity contribution in [1.29, 1.82) is 5.26 Å². The highest BCUT2D eigenvalue weighted by Crippen LogP contribution is 2.37. The first-order chi connectivity index (χ1) is 9.26. The molecule has 0 atom stereocenters. The summed E-state index contributed by atoms with van der Waals surface area (Å²) in [6.45, 7) is 0. The van der Waals surface area contributed by atoms with Gasteiger partial charge < -0.3 is 9.30 Å². The van der Waals surface area contributed by atoms with Crippen LogP contribution in [0.3, 0.4) is 0 Å². The van der Waals surface area contributed by atoms with E-state index < -0.39 is 0 Å². The standard InChI is InChI=1S/C14H14ClN3O/c1-19-11-5-10(6-11)18-13-4-9(8-16)2-3-12(13)17-14(18)7-15/h2-4,10-11H,5-7H2,1H3. The zero-order valence-corrected chi connectivity index (χ0v) is 11.4. The predicted octanol–water partition coefficient (Wildman–Crippen LogP) is 3.00. The number of hydrogen-bond acceptors (Lipinski definition) is 3. The number of nitrogens with zero attached hydrogens (tertiary/aromatic N) is 3. The van der Waals surface area contributed by atoms with E-state index in [0.717, 1.165) is 29.7 Å². The first-order valence-electron chi connectivity index (χ1n) is 6.26. The van der Waals surface area contributed by atoms with Crippen LogP contribution < -0.4 is 0 Å². The van der Waals surface area contributed by atoms with Gasteiger partial charge in [0, 0.05) is 13.2 Å². The molecule has 1 aromatic heterocycles. The third-order valence-electron chi connectivity index (χ3n) is 3.78. The van der Waals surface area contributed by atoms with E-state index in [0.29, 0.717) is 23.6 Å². The van der Waals surface area contributed by atoms with Crippen LogP contribution in [0.5, 0.6) is 0 Å². The maximum absolute atomic E-state index is 9.02. The Hall–Kier alpha value is -1.57. The minimum absolute atomic E-state index is 0.324. The molecule has 0 saturated heterocycles. The molecule has 0 amide bonds. The SMILES string of the molecule is COC1CC(n2c(CCl)nc3ccc(C#N)cc32)C1. The van der Waals surface area contributed by atoms with Gasteiger partial charge in [0.1, 0.15) is 5.82 Å². The van der Waals surface area contributed by atoms with E-state index in [4.69, 9.17) is 21.6 Å². The van der Waals surface area contributed by atoms with Crippen LogP contribution in [0, 0.1) is 11.3 Å². The molecule has 98 valence electrons. The highest BCUT2D eigenvalue weighted by Gasteiger charge is 2.32. The van der Waals surface area contributed by atoms with Gasteiger partial charge in [0.25, 0.3) is 0 Å². The third-order valence-corrected chi connectivity index (χ3v) is 4.02. The number of aromatic nitrogens is 2. The lowest BCUT2D eigenvalue weighted by atomic mass is 9.88. The van der Waals surface area contributed by atoms with Crippen molar-refractivity contribution in [3.63, 3.8) is 0 Å². The summed E-state index contributed by atoms with van der Waals surface area (Å²) in [6, 6.07) is 8.10. The van der Waals surface area contributed by atoms with E-state index in [-0.39, 0.29) is 0 Å². The number of benzene rings is 1. The molecule has 1 saturated carbocycles. The molecule has 4 nitrogen and oxygen atoms in total. The normalized spacial score (nSPS) is 22.2. The molecule has 0 spiro atoms. The zero-order chi connectivity index (χ0) is 13.4. The number of fused-ring (bicyclic) bond motifs is 1. The Labute approximate surface area is 116 Å². The molecular formula is C14H14ClN3O. The molecule has 0 aliphatic heterocycles. The Morgan fingerprint density at radius 3 is 2.95 bits per heavy atom. The van der Waals surface area contributed by atoms with Crippen molar-refractivity contribution in [3.8, 4) is 6.07 Å². The smallest absolute Gasteiger partial charge is 0.125 e. The molecule has 1 fully saturated rings. The molecule has 0 N–H and O–H groups in total. The summed E-state index contributed by atoms with van der Waals surface area (Å²) in [6.07, 6.45) is 2.27. The lowest BCUT2D eigenvalue weighted by Crippen LogP contribution is -2.33. The van der Waals surface area contributed by atoms with Crippen LogP contribution in [-0.2, 0) is 10.6 Å². The summed E-state index contributed by atoms with van der Waals surface area (Å²) in [7, 11) is 1.74.